The first-order chi connectivity index (χ1) is 7.57. The third-order valence-electron chi connectivity index (χ3n) is 3.50. The molecule has 0 atom stereocenters. The molecule has 0 amide bonds. The first kappa shape index (κ1) is 14.3. The Morgan fingerprint density at radius 2 is 1.94 bits per heavy atom. The Hall–Kier alpha value is 0.270. The lowest BCUT2D eigenvalue weighted by atomic mass is 10.0. The van der Waals surface area contributed by atoms with Crippen LogP contribution in [0.4, 0.5) is 0 Å². The van der Waals surface area contributed by atoms with Crippen molar-refractivity contribution in [1.29, 1.82) is 0 Å². The van der Waals surface area contributed by atoms with Gasteiger partial charge in [0.15, 0.2) is 0 Å². The van der Waals surface area contributed by atoms with Gasteiger partial charge in [0.2, 0.25) is 0 Å². The van der Waals surface area contributed by atoms with Crippen molar-refractivity contribution in [2.24, 2.45) is 0 Å². The molecule has 0 aromatic heterocycles. The lowest BCUT2D eigenvalue weighted by molar-refractivity contribution is 0.197. The smallest absolute Gasteiger partial charge is 0.0225 e. The molecule has 0 aromatic carbocycles. The van der Waals surface area contributed by atoms with Gasteiger partial charge in [-0.2, -0.15) is 11.8 Å². The Labute approximate surface area is 106 Å². The normalized spacial score (nSPS) is 20.2. The molecule has 0 unspecified atom stereocenters. The summed E-state index contributed by atoms with van der Waals surface area (Å²) in [5.74, 6) is 0. The molecule has 0 saturated carbocycles. The first-order valence-corrected chi connectivity index (χ1v) is 7.81. The van der Waals surface area contributed by atoms with E-state index in [9.17, 15) is 0 Å². The zero-order chi connectivity index (χ0) is 12.0. The van der Waals surface area contributed by atoms with Gasteiger partial charge in [-0.15, -0.1) is 0 Å². The maximum absolute atomic E-state index is 3.73. The minimum Gasteiger partial charge on any atom is -0.313 e. The Morgan fingerprint density at radius 3 is 2.44 bits per heavy atom. The molecule has 1 rings (SSSR count). The molecule has 0 bridgehead atoms. The molecule has 96 valence electrons. The second-order valence-electron chi connectivity index (χ2n) is 5.46. The van der Waals surface area contributed by atoms with E-state index in [-0.39, 0.29) is 0 Å². The van der Waals surface area contributed by atoms with Crippen LogP contribution in [-0.4, -0.2) is 48.1 Å². The van der Waals surface area contributed by atoms with Crippen molar-refractivity contribution in [1.82, 2.24) is 10.2 Å². The summed E-state index contributed by atoms with van der Waals surface area (Å²) in [6.45, 7) is 11.9. The third-order valence-corrected chi connectivity index (χ3v) is 4.75. The molecule has 1 fully saturated rings. The highest BCUT2D eigenvalue weighted by molar-refractivity contribution is 7.99. The molecule has 0 aromatic rings. The molecule has 1 aliphatic rings. The molecule has 0 radical (unpaired) electrons. The van der Waals surface area contributed by atoms with E-state index in [2.05, 4.69) is 37.2 Å². The van der Waals surface area contributed by atoms with Crippen LogP contribution in [0.1, 0.15) is 40.0 Å². The molecule has 1 saturated heterocycles. The van der Waals surface area contributed by atoms with Crippen LogP contribution in [0.2, 0.25) is 0 Å². The summed E-state index contributed by atoms with van der Waals surface area (Å²) in [5, 5.41) is 3.73. The van der Waals surface area contributed by atoms with Gasteiger partial charge in [-0.05, 0) is 59.0 Å². The maximum atomic E-state index is 3.73. The van der Waals surface area contributed by atoms with Gasteiger partial charge in [-0.25, -0.2) is 0 Å². The molecular weight excluding hydrogens is 216 g/mol. The zero-order valence-electron chi connectivity index (χ0n) is 11.4. The maximum Gasteiger partial charge on any atom is 0.0225 e. The molecule has 0 spiro atoms. The molecular formula is C13H28N2S. The summed E-state index contributed by atoms with van der Waals surface area (Å²) in [4.78, 5) is 2.60. The quantitative estimate of drug-likeness (QED) is 0.773. The highest BCUT2D eigenvalue weighted by Gasteiger charge is 2.21. The van der Waals surface area contributed by atoms with Crippen molar-refractivity contribution in [3.05, 3.63) is 0 Å². The minimum atomic E-state index is 0.376. The number of hydrogen-bond donors (Lipinski definition) is 1. The fourth-order valence-corrected chi connectivity index (χ4v) is 2.37. The molecule has 0 aliphatic carbocycles. The van der Waals surface area contributed by atoms with Gasteiger partial charge >= 0.3 is 0 Å². The Kier molecular flexibility index (Phi) is 6.16. The summed E-state index contributed by atoms with van der Waals surface area (Å²) in [6, 6.07) is 0.750. The van der Waals surface area contributed by atoms with Crippen molar-refractivity contribution < 1.29 is 0 Å². The predicted molar refractivity (Wildman–Crippen MR) is 75.3 cm³/mol. The standard InChI is InChI=1S/C13H28N2S/c1-5-8-15-9-6-12(7-10-15)14-11-13(2,3)16-4/h12,14H,5-11H2,1-4H3. The fraction of sp³-hybridized carbons (Fsp3) is 1.00. The Bertz CT molecular complexity index is 186. The van der Waals surface area contributed by atoms with E-state index in [0.29, 0.717) is 4.75 Å². The summed E-state index contributed by atoms with van der Waals surface area (Å²) in [5.41, 5.74) is 0. The van der Waals surface area contributed by atoms with Gasteiger partial charge in [-0.1, -0.05) is 6.92 Å². The lowest BCUT2D eigenvalue weighted by Gasteiger charge is -2.34. The van der Waals surface area contributed by atoms with Crippen molar-refractivity contribution in [3.63, 3.8) is 0 Å². The van der Waals surface area contributed by atoms with Gasteiger partial charge in [0.05, 0.1) is 0 Å². The van der Waals surface area contributed by atoms with E-state index in [1.165, 1.54) is 38.9 Å². The first-order valence-electron chi connectivity index (χ1n) is 6.58. The van der Waals surface area contributed by atoms with Crippen LogP contribution in [0.15, 0.2) is 0 Å². The third kappa shape index (κ3) is 5.07. The summed E-state index contributed by atoms with van der Waals surface area (Å²) in [7, 11) is 0. The lowest BCUT2D eigenvalue weighted by Crippen LogP contribution is -2.46. The van der Waals surface area contributed by atoms with E-state index in [4.69, 9.17) is 0 Å². The Balaban J connectivity index is 2.17. The number of nitrogens with zero attached hydrogens (tertiary/aromatic N) is 1. The Morgan fingerprint density at radius 1 is 1.31 bits per heavy atom. The average Bonchev–Trinajstić information content (AvgIpc) is 2.29. The van der Waals surface area contributed by atoms with Gasteiger partial charge in [0.25, 0.3) is 0 Å². The molecule has 1 aliphatic heterocycles. The van der Waals surface area contributed by atoms with Crippen LogP contribution in [0.25, 0.3) is 0 Å². The van der Waals surface area contributed by atoms with Gasteiger partial charge < -0.3 is 10.2 Å². The molecule has 2 nitrogen and oxygen atoms in total. The minimum absolute atomic E-state index is 0.376. The van der Waals surface area contributed by atoms with Crippen molar-refractivity contribution in [2.75, 3.05) is 32.4 Å². The van der Waals surface area contributed by atoms with Crippen molar-refractivity contribution in [3.8, 4) is 0 Å². The van der Waals surface area contributed by atoms with Gasteiger partial charge in [0, 0.05) is 17.3 Å². The van der Waals surface area contributed by atoms with Crippen molar-refractivity contribution in [2.45, 2.75) is 50.8 Å². The molecule has 1 N–H and O–H groups in total. The van der Waals surface area contributed by atoms with Gasteiger partial charge in [0.1, 0.15) is 0 Å². The second-order valence-corrected chi connectivity index (χ2v) is 6.97. The fourth-order valence-electron chi connectivity index (χ4n) is 2.14. The number of rotatable bonds is 6. The second kappa shape index (κ2) is 6.87. The number of piperidine rings is 1. The number of likely N-dealkylation sites (tertiary alicyclic amines) is 1. The number of hydrogen-bond acceptors (Lipinski definition) is 3. The summed E-state index contributed by atoms with van der Waals surface area (Å²) < 4.78 is 0.376. The van der Waals surface area contributed by atoms with Crippen LogP contribution in [-0.2, 0) is 0 Å². The summed E-state index contributed by atoms with van der Waals surface area (Å²) >= 11 is 1.95. The van der Waals surface area contributed by atoms with Crippen LogP contribution in [0.5, 0.6) is 0 Å². The van der Waals surface area contributed by atoms with E-state index < -0.39 is 0 Å². The topological polar surface area (TPSA) is 15.3 Å². The highest BCUT2D eigenvalue weighted by atomic mass is 32.2. The highest BCUT2D eigenvalue weighted by Crippen LogP contribution is 2.20. The monoisotopic (exact) mass is 244 g/mol. The molecule has 3 heteroatoms. The van der Waals surface area contributed by atoms with Crippen LogP contribution in [0, 0.1) is 0 Å². The average molecular weight is 244 g/mol. The van der Waals surface area contributed by atoms with Crippen molar-refractivity contribution >= 4 is 11.8 Å². The zero-order valence-corrected chi connectivity index (χ0v) is 12.2. The van der Waals surface area contributed by atoms with Gasteiger partial charge in [-0.3, -0.25) is 0 Å². The van der Waals surface area contributed by atoms with E-state index in [1.807, 2.05) is 11.8 Å². The number of nitrogens with one attached hydrogen (secondary N) is 1. The van der Waals surface area contributed by atoms with Crippen LogP contribution >= 0.6 is 11.8 Å². The van der Waals surface area contributed by atoms with Crippen LogP contribution < -0.4 is 5.32 Å². The van der Waals surface area contributed by atoms with E-state index >= 15 is 0 Å². The van der Waals surface area contributed by atoms with E-state index in [0.717, 1.165) is 12.6 Å². The molecule has 16 heavy (non-hydrogen) atoms. The largest absolute Gasteiger partial charge is 0.313 e. The predicted octanol–water partition coefficient (Wildman–Crippen LogP) is 2.59. The van der Waals surface area contributed by atoms with Crippen LogP contribution in [0.3, 0.4) is 0 Å². The number of thioether (sulfide) groups is 1. The van der Waals surface area contributed by atoms with E-state index in [1.54, 1.807) is 0 Å². The summed E-state index contributed by atoms with van der Waals surface area (Å²) in [6.07, 6.45) is 6.14. The SMILES string of the molecule is CCCN1CCC(NCC(C)(C)SC)CC1. The molecule has 1 heterocycles.